The summed E-state index contributed by atoms with van der Waals surface area (Å²) in [4.78, 5) is 23.7. The van der Waals surface area contributed by atoms with Gasteiger partial charge in [-0.1, -0.05) is 0 Å². The number of carboxylic acid groups (broad SMARTS) is 1. The number of carboxylic acids is 1. The number of aliphatic carboxylic acids is 1. The minimum atomic E-state index is -1.40. The third kappa shape index (κ3) is 3.87. The predicted molar refractivity (Wildman–Crippen MR) is 58.4 cm³/mol. The SMILES string of the molecule is CC(C)(C)OC(=O)N1CC[C@H](F)[C@@H](C(=O)O)C1. The molecule has 1 N–H and O–H groups in total. The molecule has 5 nitrogen and oxygen atoms in total. The van der Waals surface area contributed by atoms with Gasteiger partial charge in [0, 0.05) is 13.1 Å². The fourth-order valence-electron chi connectivity index (χ4n) is 1.65. The molecule has 0 aromatic rings. The third-order valence-electron chi connectivity index (χ3n) is 2.50. The van der Waals surface area contributed by atoms with Gasteiger partial charge in [-0.2, -0.15) is 0 Å². The van der Waals surface area contributed by atoms with Crippen LogP contribution in [0.2, 0.25) is 0 Å². The number of halogens is 1. The maximum Gasteiger partial charge on any atom is 0.410 e. The van der Waals surface area contributed by atoms with Crippen molar-refractivity contribution in [3.8, 4) is 0 Å². The van der Waals surface area contributed by atoms with Gasteiger partial charge in [0.15, 0.2) is 0 Å². The van der Waals surface area contributed by atoms with Gasteiger partial charge in [-0.3, -0.25) is 4.79 Å². The average molecular weight is 247 g/mol. The largest absolute Gasteiger partial charge is 0.481 e. The highest BCUT2D eigenvalue weighted by molar-refractivity contribution is 5.74. The number of carbonyl (C=O) groups is 2. The Morgan fingerprint density at radius 2 is 2.00 bits per heavy atom. The molecule has 6 heteroatoms. The van der Waals surface area contributed by atoms with Crippen LogP contribution in [-0.4, -0.2) is 46.9 Å². The lowest BCUT2D eigenvalue weighted by Crippen LogP contribution is -2.48. The third-order valence-corrected chi connectivity index (χ3v) is 2.50. The van der Waals surface area contributed by atoms with E-state index >= 15 is 0 Å². The number of amides is 1. The van der Waals surface area contributed by atoms with Gasteiger partial charge < -0.3 is 14.7 Å². The van der Waals surface area contributed by atoms with E-state index in [2.05, 4.69) is 0 Å². The quantitative estimate of drug-likeness (QED) is 0.765. The van der Waals surface area contributed by atoms with E-state index in [4.69, 9.17) is 9.84 Å². The first-order chi connectivity index (χ1) is 7.70. The fraction of sp³-hybridized carbons (Fsp3) is 0.818. The second-order valence-corrected chi connectivity index (χ2v) is 5.18. The van der Waals surface area contributed by atoms with E-state index in [1.165, 1.54) is 4.90 Å². The molecule has 0 saturated carbocycles. The highest BCUT2D eigenvalue weighted by Crippen LogP contribution is 2.22. The number of alkyl halides is 1. The molecule has 2 atom stereocenters. The first kappa shape index (κ1) is 13.7. The molecule has 0 bridgehead atoms. The highest BCUT2D eigenvalue weighted by Gasteiger charge is 2.37. The van der Waals surface area contributed by atoms with Crippen molar-refractivity contribution < 1.29 is 23.8 Å². The van der Waals surface area contributed by atoms with Crippen LogP contribution in [0.3, 0.4) is 0 Å². The van der Waals surface area contributed by atoms with E-state index in [0.717, 1.165) is 0 Å². The number of likely N-dealkylation sites (tertiary alicyclic amines) is 1. The van der Waals surface area contributed by atoms with Crippen LogP contribution < -0.4 is 0 Å². The van der Waals surface area contributed by atoms with Crippen molar-refractivity contribution in [1.29, 1.82) is 0 Å². The minimum absolute atomic E-state index is 0.0379. The predicted octanol–water partition coefficient (Wildman–Crippen LogP) is 1.67. The summed E-state index contributed by atoms with van der Waals surface area (Å²) in [5, 5.41) is 8.82. The van der Waals surface area contributed by atoms with Gasteiger partial charge in [0.05, 0.1) is 0 Å². The van der Waals surface area contributed by atoms with Gasteiger partial charge in [0.25, 0.3) is 0 Å². The fourth-order valence-corrected chi connectivity index (χ4v) is 1.65. The van der Waals surface area contributed by atoms with Crippen LogP contribution in [0.15, 0.2) is 0 Å². The number of piperidine rings is 1. The molecule has 1 heterocycles. The Hall–Kier alpha value is -1.33. The Labute approximate surface area is 99.5 Å². The first-order valence-electron chi connectivity index (χ1n) is 5.55. The Kier molecular flexibility index (Phi) is 3.95. The van der Waals surface area contributed by atoms with Crippen molar-refractivity contribution in [2.75, 3.05) is 13.1 Å². The van der Waals surface area contributed by atoms with E-state index in [9.17, 15) is 14.0 Å². The van der Waals surface area contributed by atoms with Gasteiger partial charge >= 0.3 is 12.1 Å². The van der Waals surface area contributed by atoms with Crippen LogP contribution in [0.4, 0.5) is 9.18 Å². The van der Waals surface area contributed by atoms with Gasteiger partial charge in [-0.05, 0) is 27.2 Å². The van der Waals surface area contributed by atoms with Crippen LogP contribution in [0.1, 0.15) is 27.2 Å². The van der Waals surface area contributed by atoms with Crippen LogP contribution in [0.25, 0.3) is 0 Å². The molecule has 0 unspecified atom stereocenters. The van der Waals surface area contributed by atoms with Gasteiger partial charge in [-0.15, -0.1) is 0 Å². The maximum atomic E-state index is 13.3. The van der Waals surface area contributed by atoms with Crippen molar-refractivity contribution in [2.24, 2.45) is 5.92 Å². The summed E-state index contributed by atoms with van der Waals surface area (Å²) < 4.78 is 18.4. The molecule has 1 amide bonds. The Bertz CT molecular complexity index is 313. The molecule has 0 spiro atoms. The molecule has 1 rings (SSSR count). The molecule has 17 heavy (non-hydrogen) atoms. The second-order valence-electron chi connectivity index (χ2n) is 5.18. The molecule has 0 radical (unpaired) electrons. The standard InChI is InChI=1S/C11H18FNO4/c1-11(2,3)17-10(16)13-5-4-8(12)7(6-13)9(14)15/h7-8H,4-6H2,1-3H3,(H,14,15)/t7-,8-/m0/s1. The van der Waals surface area contributed by atoms with E-state index in [1.54, 1.807) is 20.8 Å². The average Bonchev–Trinajstić information content (AvgIpc) is 2.14. The summed E-state index contributed by atoms with van der Waals surface area (Å²) in [6.07, 6.45) is -1.95. The zero-order valence-electron chi connectivity index (χ0n) is 10.3. The molecule has 0 aromatic carbocycles. The summed E-state index contributed by atoms with van der Waals surface area (Å²) >= 11 is 0. The summed E-state index contributed by atoms with van der Waals surface area (Å²) in [5.74, 6) is -2.37. The van der Waals surface area contributed by atoms with Crippen molar-refractivity contribution >= 4 is 12.1 Å². The lowest BCUT2D eigenvalue weighted by atomic mass is 9.96. The van der Waals surface area contributed by atoms with Gasteiger partial charge in [-0.25, -0.2) is 9.18 Å². The Morgan fingerprint density at radius 1 is 1.41 bits per heavy atom. The summed E-state index contributed by atoms with van der Waals surface area (Å²) in [6.45, 7) is 5.23. The molecule has 1 aliphatic rings. The summed E-state index contributed by atoms with van der Waals surface area (Å²) in [5.41, 5.74) is -0.637. The molecule has 1 aliphatic heterocycles. The monoisotopic (exact) mass is 247 g/mol. The van der Waals surface area contributed by atoms with E-state index < -0.39 is 29.8 Å². The van der Waals surface area contributed by atoms with Crippen LogP contribution in [-0.2, 0) is 9.53 Å². The molecule has 0 aliphatic carbocycles. The Balaban J connectivity index is 2.62. The molecule has 0 aromatic heterocycles. The number of hydrogen-bond acceptors (Lipinski definition) is 3. The van der Waals surface area contributed by atoms with E-state index in [0.29, 0.717) is 0 Å². The zero-order valence-corrected chi connectivity index (χ0v) is 10.3. The molecule has 1 fully saturated rings. The first-order valence-corrected chi connectivity index (χ1v) is 5.55. The van der Waals surface area contributed by atoms with Crippen molar-refractivity contribution in [2.45, 2.75) is 39.0 Å². The lowest BCUT2D eigenvalue weighted by Gasteiger charge is -2.34. The second kappa shape index (κ2) is 4.89. The van der Waals surface area contributed by atoms with Crippen molar-refractivity contribution in [1.82, 2.24) is 4.90 Å². The zero-order chi connectivity index (χ0) is 13.2. The van der Waals surface area contributed by atoms with Gasteiger partial charge in [0.2, 0.25) is 0 Å². The maximum absolute atomic E-state index is 13.3. The Morgan fingerprint density at radius 3 is 2.47 bits per heavy atom. The number of carbonyl (C=O) groups excluding carboxylic acids is 1. The van der Waals surface area contributed by atoms with Gasteiger partial charge in [0.1, 0.15) is 17.7 Å². The summed E-state index contributed by atoms with van der Waals surface area (Å²) in [7, 11) is 0. The molecular weight excluding hydrogens is 229 g/mol. The number of hydrogen-bond donors (Lipinski definition) is 1. The topological polar surface area (TPSA) is 66.8 Å². The number of rotatable bonds is 1. The molecule has 98 valence electrons. The summed E-state index contributed by atoms with van der Waals surface area (Å²) in [6, 6.07) is 0. The number of ether oxygens (including phenoxy) is 1. The number of nitrogens with zero attached hydrogens (tertiary/aromatic N) is 1. The lowest BCUT2D eigenvalue weighted by molar-refractivity contribution is -0.146. The highest BCUT2D eigenvalue weighted by atomic mass is 19.1. The normalized spacial score (nSPS) is 25.5. The van der Waals surface area contributed by atoms with Crippen LogP contribution in [0, 0.1) is 5.92 Å². The smallest absolute Gasteiger partial charge is 0.410 e. The van der Waals surface area contributed by atoms with Crippen molar-refractivity contribution in [3.63, 3.8) is 0 Å². The van der Waals surface area contributed by atoms with Crippen molar-refractivity contribution in [3.05, 3.63) is 0 Å². The minimum Gasteiger partial charge on any atom is -0.481 e. The molecular formula is C11H18FNO4. The van der Waals surface area contributed by atoms with E-state index in [1.807, 2.05) is 0 Å². The van der Waals surface area contributed by atoms with E-state index in [-0.39, 0.29) is 19.5 Å². The molecule has 1 saturated heterocycles. The van der Waals surface area contributed by atoms with Crippen LogP contribution in [0.5, 0.6) is 0 Å². The van der Waals surface area contributed by atoms with Crippen LogP contribution >= 0.6 is 0 Å².